The summed E-state index contributed by atoms with van der Waals surface area (Å²) in [5.41, 5.74) is 0.453. The van der Waals surface area contributed by atoms with Crippen molar-refractivity contribution >= 4 is 11.9 Å². The first-order valence-electron chi connectivity index (χ1n) is 5.66. The highest BCUT2D eigenvalue weighted by Gasteiger charge is 2.45. The SMILES string of the molecule is Cc1cccc(C(=O)NC2(C(=O)O)CCC2)c1. The monoisotopic (exact) mass is 233 g/mol. The molecule has 1 aliphatic carbocycles. The van der Waals surface area contributed by atoms with E-state index < -0.39 is 11.5 Å². The van der Waals surface area contributed by atoms with E-state index in [-0.39, 0.29) is 5.91 Å². The van der Waals surface area contributed by atoms with E-state index in [2.05, 4.69) is 5.32 Å². The summed E-state index contributed by atoms with van der Waals surface area (Å²) in [6, 6.07) is 7.13. The maximum atomic E-state index is 11.9. The van der Waals surface area contributed by atoms with E-state index in [1.165, 1.54) is 0 Å². The van der Waals surface area contributed by atoms with Crippen molar-refractivity contribution in [1.29, 1.82) is 0 Å². The van der Waals surface area contributed by atoms with Gasteiger partial charge in [0.25, 0.3) is 5.91 Å². The molecule has 2 rings (SSSR count). The van der Waals surface area contributed by atoms with Gasteiger partial charge in [-0.2, -0.15) is 0 Å². The van der Waals surface area contributed by atoms with Crippen LogP contribution >= 0.6 is 0 Å². The number of carboxylic acid groups (broad SMARTS) is 1. The zero-order valence-electron chi connectivity index (χ0n) is 9.69. The van der Waals surface area contributed by atoms with Gasteiger partial charge in [-0.3, -0.25) is 4.79 Å². The number of aryl methyl sites for hydroxylation is 1. The molecular formula is C13H15NO3. The quantitative estimate of drug-likeness (QED) is 0.835. The van der Waals surface area contributed by atoms with Gasteiger partial charge in [0.05, 0.1) is 0 Å². The second kappa shape index (κ2) is 4.20. The third-order valence-electron chi connectivity index (χ3n) is 3.25. The Hall–Kier alpha value is -1.84. The molecule has 0 bridgehead atoms. The fraction of sp³-hybridized carbons (Fsp3) is 0.385. The molecule has 1 aliphatic rings. The summed E-state index contributed by atoms with van der Waals surface area (Å²) in [4.78, 5) is 23.1. The third kappa shape index (κ3) is 2.16. The van der Waals surface area contributed by atoms with Crippen LogP contribution < -0.4 is 5.32 Å². The summed E-state index contributed by atoms with van der Waals surface area (Å²) in [6.45, 7) is 1.90. The van der Waals surface area contributed by atoms with Crippen molar-refractivity contribution < 1.29 is 14.7 Å². The molecule has 0 unspecified atom stereocenters. The van der Waals surface area contributed by atoms with E-state index in [0.29, 0.717) is 18.4 Å². The summed E-state index contributed by atoms with van der Waals surface area (Å²) >= 11 is 0. The van der Waals surface area contributed by atoms with Gasteiger partial charge in [-0.25, -0.2) is 4.79 Å². The molecule has 1 amide bonds. The summed E-state index contributed by atoms with van der Waals surface area (Å²) < 4.78 is 0. The highest BCUT2D eigenvalue weighted by molar-refractivity contribution is 5.98. The Kier molecular flexibility index (Phi) is 2.88. The minimum absolute atomic E-state index is 0.309. The molecule has 1 aromatic carbocycles. The van der Waals surface area contributed by atoms with Crippen molar-refractivity contribution in [2.75, 3.05) is 0 Å². The topological polar surface area (TPSA) is 66.4 Å². The second-order valence-electron chi connectivity index (χ2n) is 4.56. The summed E-state index contributed by atoms with van der Waals surface area (Å²) in [5, 5.41) is 11.8. The van der Waals surface area contributed by atoms with Crippen molar-refractivity contribution in [1.82, 2.24) is 5.32 Å². The number of rotatable bonds is 3. The normalized spacial score (nSPS) is 17.0. The molecule has 2 N–H and O–H groups in total. The number of hydrogen-bond acceptors (Lipinski definition) is 2. The highest BCUT2D eigenvalue weighted by Crippen LogP contribution is 2.32. The lowest BCUT2D eigenvalue weighted by Gasteiger charge is -2.38. The number of nitrogens with one attached hydrogen (secondary N) is 1. The first-order valence-corrected chi connectivity index (χ1v) is 5.66. The Labute approximate surface area is 99.6 Å². The molecule has 0 spiro atoms. The minimum Gasteiger partial charge on any atom is -0.480 e. The van der Waals surface area contributed by atoms with Gasteiger partial charge in [-0.05, 0) is 38.3 Å². The average Bonchev–Trinajstić information content (AvgIpc) is 2.22. The number of aliphatic carboxylic acids is 1. The molecule has 0 atom stereocenters. The van der Waals surface area contributed by atoms with Crippen LogP contribution in [-0.2, 0) is 4.79 Å². The molecule has 0 aliphatic heterocycles. The van der Waals surface area contributed by atoms with Gasteiger partial charge >= 0.3 is 5.97 Å². The lowest BCUT2D eigenvalue weighted by atomic mass is 9.76. The van der Waals surface area contributed by atoms with Crippen LogP contribution in [0.15, 0.2) is 24.3 Å². The number of carbonyl (C=O) groups excluding carboxylic acids is 1. The molecule has 1 aromatic rings. The molecule has 1 saturated carbocycles. The molecule has 0 saturated heterocycles. The van der Waals surface area contributed by atoms with Crippen LogP contribution in [0.3, 0.4) is 0 Å². The van der Waals surface area contributed by atoms with E-state index in [1.54, 1.807) is 18.2 Å². The summed E-state index contributed by atoms with van der Waals surface area (Å²) in [6.07, 6.45) is 1.88. The number of amides is 1. The molecule has 4 nitrogen and oxygen atoms in total. The lowest BCUT2D eigenvalue weighted by Crippen LogP contribution is -2.59. The van der Waals surface area contributed by atoms with Gasteiger partial charge in [0, 0.05) is 5.56 Å². The number of carboxylic acids is 1. The Balaban J connectivity index is 2.14. The van der Waals surface area contributed by atoms with E-state index in [9.17, 15) is 9.59 Å². The van der Waals surface area contributed by atoms with Crippen LogP contribution in [0.4, 0.5) is 0 Å². The van der Waals surface area contributed by atoms with Crippen LogP contribution in [0.25, 0.3) is 0 Å². The molecule has 0 aromatic heterocycles. The molecule has 0 heterocycles. The summed E-state index contributed by atoms with van der Waals surface area (Å²) in [5.74, 6) is -1.25. The Morgan fingerprint density at radius 3 is 2.53 bits per heavy atom. The molecule has 90 valence electrons. The Morgan fingerprint density at radius 1 is 1.35 bits per heavy atom. The lowest BCUT2D eigenvalue weighted by molar-refractivity contribution is -0.148. The maximum Gasteiger partial charge on any atom is 0.329 e. The largest absolute Gasteiger partial charge is 0.480 e. The predicted octanol–water partition coefficient (Wildman–Crippen LogP) is 1.73. The van der Waals surface area contributed by atoms with Gasteiger partial charge in [-0.1, -0.05) is 17.7 Å². The first kappa shape index (κ1) is 11.6. The van der Waals surface area contributed by atoms with E-state index in [4.69, 9.17) is 5.11 Å². The van der Waals surface area contributed by atoms with Crippen molar-refractivity contribution in [2.24, 2.45) is 0 Å². The third-order valence-corrected chi connectivity index (χ3v) is 3.25. The fourth-order valence-electron chi connectivity index (χ4n) is 2.00. The molecule has 0 radical (unpaired) electrons. The van der Waals surface area contributed by atoms with E-state index in [1.807, 2.05) is 13.0 Å². The van der Waals surface area contributed by atoms with Gasteiger partial charge in [0.1, 0.15) is 5.54 Å². The van der Waals surface area contributed by atoms with Crippen LogP contribution in [0.5, 0.6) is 0 Å². The zero-order valence-corrected chi connectivity index (χ0v) is 9.69. The van der Waals surface area contributed by atoms with Gasteiger partial charge in [-0.15, -0.1) is 0 Å². The van der Waals surface area contributed by atoms with Gasteiger partial charge in [0.2, 0.25) is 0 Å². The minimum atomic E-state index is -1.04. The van der Waals surface area contributed by atoms with Gasteiger partial charge < -0.3 is 10.4 Å². The zero-order chi connectivity index (χ0) is 12.5. The van der Waals surface area contributed by atoms with Crippen LogP contribution in [0.1, 0.15) is 35.2 Å². The maximum absolute atomic E-state index is 11.9. The second-order valence-corrected chi connectivity index (χ2v) is 4.56. The Morgan fingerprint density at radius 2 is 2.06 bits per heavy atom. The number of hydrogen-bond donors (Lipinski definition) is 2. The van der Waals surface area contributed by atoms with E-state index >= 15 is 0 Å². The predicted molar refractivity (Wildman–Crippen MR) is 62.9 cm³/mol. The van der Waals surface area contributed by atoms with Crippen molar-refractivity contribution in [3.63, 3.8) is 0 Å². The average molecular weight is 233 g/mol. The van der Waals surface area contributed by atoms with Crippen molar-refractivity contribution in [3.05, 3.63) is 35.4 Å². The van der Waals surface area contributed by atoms with Crippen LogP contribution in [0, 0.1) is 6.92 Å². The molecular weight excluding hydrogens is 218 g/mol. The standard InChI is InChI=1S/C13H15NO3/c1-9-4-2-5-10(8-9)11(15)14-13(12(16)17)6-3-7-13/h2,4-5,8H,3,6-7H2,1H3,(H,14,15)(H,16,17). The van der Waals surface area contributed by atoms with Gasteiger partial charge in [0.15, 0.2) is 0 Å². The highest BCUT2D eigenvalue weighted by atomic mass is 16.4. The number of carbonyl (C=O) groups is 2. The Bertz CT molecular complexity index is 463. The number of benzene rings is 1. The first-order chi connectivity index (χ1) is 8.03. The van der Waals surface area contributed by atoms with Crippen LogP contribution in [-0.4, -0.2) is 22.5 Å². The smallest absolute Gasteiger partial charge is 0.329 e. The molecule has 1 fully saturated rings. The van der Waals surface area contributed by atoms with Crippen LogP contribution in [0.2, 0.25) is 0 Å². The van der Waals surface area contributed by atoms with Crippen molar-refractivity contribution in [2.45, 2.75) is 31.7 Å². The molecule has 4 heteroatoms. The fourth-order valence-corrected chi connectivity index (χ4v) is 2.00. The van der Waals surface area contributed by atoms with Crippen molar-refractivity contribution in [3.8, 4) is 0 Å². The molecule has 17 heavy (non-hydrogen) atoms. The summed E-state index contributed by atoms with van der Waals surface area (Å²) in [7, 11) is 0. The van der Waals surface area contributed by atoms with E-state index in [0.717, 1.165) is 12.0 Å².